The summed E-state index contributed by atoms with van der Waals surface area (Å²) in [7, 11) is -3.50. The molecule has 0 amide bonds. The van der Waals surface area contributed by atoms with E-state index in [0.29, 0.717) is 6.29 Å². The number of rotatable bonds is 8. The van der Waals surface area contributed by atoms with E-state index in [1.54, 1.807) is 26.0 Å². The van der Waals surface area contributed by atoms with Crippen molar-refractivity contribution in [2.45, 2.75) is 13.8 Å². The third-order valence-corrected chi connectivity index (χ3v) is 4.19. The molecule has 1 aromatic rings. The first kappa shape index (κ1) is 16.6. The Hall–Kier alpha value is -1.49. The van der Waals surface area contributed by atoms with Crippen molar-refractivity contribution < 1.29 is 27.9 Å². The zero-order valence-corrected chi connectivity index (χ0v) is 12.3. The van der Waals surface area contributed by atoms with E-state index >= 15 is 0 Å². The van der Waals surface area contributed by atoms with Crippen molar-refractivity contribution in [2.75, 3.05) is 19.4 Å². The fraction of sp³-hybridized carbons (Fsp3) is 0.385. The number of benzene rings is 1. The van der Waals surface area contributed by atoms with E-state index in [2.05, 4.69) is 0 Å². The summed E-state index contributed by atoms with van der Waals surface area (Å²) in [6.07, 6.45) is 0.0785. The van der Waals surface area contributed by atoms with Gasteiger partial charge in [-0.25, -0.2) is 0 Å². The number of ether oxygens (including phenoxy) is 1. The minimum Gasteiger partial charge on any atom is -0.425 e. The number of carbonyl (C=O) groups is 2. The highest BCUT2D eigenvalue weighted by Crippen LogP contribution is 2.47. The highest BCUT2D eigenvalue weighted by Gasteiger charge is 2.29. The Kier molecular flexibility index (Phi) is 6.58. The molecule has 0 atom stereocenters. The molecule has 0 aromatic heterocycles. The van der Waals surface area contributed by atoms with Crippen molar-refractivity contribution in [1.29, 1.82) is 0 Å². The van der Waals surface area contributed by atoms with Crippen LogP contribution >= 0.6 is 7.60 Å². The molecule has 1 rings (SSSR count). The molecule has 0 spiro atoms. The van der Waals surface area contributed by atoms with Crippen molar-refractivity contribution in [3.05, 3.63) is 29.8 Å². The molecule has 110 valence electrons. The van der Waals surface area contributed by atoms with E-state index in [-0.39, 0.29) is 24.5 Å². The first-order valence-corrected chi connectivity index (χ1v) is 7.90. The van der Waals surface area contributed by atoms with Gasteiger partial charge in [-0.2, -0.15) is 0 Å². The summed E-state index contributed by atoms with van der Waals surface area (Å²) in [6, 6.07) is 6.26. The third-order valence-electron chi connectivity index (χ3n) is 2.24. The molecule has 0 fully saturated rings. The number of hydrogen-bond acceptors (Lipinski definition) is 6. The first-order valence-electron chi connectivity index (χ1n) is 6.17. The van der Waals surface area contributed by atoms with E-state index in [1.165, 1.54) is 12.1 Å². The van der Waals surface area contributed by atoms with Gasteiger partial charge in [-0.3, -0.25) is 14.2 Å². The summed E-state index contributed by atoms with van der Waals surface area (Å²) in [5.74, 6) is -0.656. The fourth-order valence-corrected chi connectivity index (χ4v) is 2.93. The Morgan fingerprint density at radius 1 is 1.20 bits per heavy atom. The Labute approximate surface area is 117 Å². The predicted molar refractivity (Wildman–Crippen MR) is 73.2 cm³/mol. The van der Waals surface area contributed by atoms with Crippen LogP contribution in [0.25, 0.3) is 0 Å². The van der Waals surface area contributed by atoms with Crippen molar-refractivity contribution >= 4 is 19.9 Å². The second-order valence-electron chi connectivity index (χ2n) is 3.73. The van der Waals surface area contributed by atoms with Crippen LogP contribution in [0.2, 0.25) is 0 Å². The van der Waals surface area contributed by atoms with Gasteiger partial charge in [0.15, 0.2) is 6.29 Å². The topological polar surface area (TPSA) is 78.9 Å². The lowest BCUT2D eigenvalue weighted by molar-refractivity contribution is -0.131. The van der Waals surface area contributed by atoms with Crippen LogP contribution in [0.5, 0.6) is 5.75 Å². The molecule has 0 N–H and O–H groups in total. The minimum absolute atomic E-state index is 0.118. The van der Waals surface area contributed by atoms with Crippen LogP contribution in [0.1, 0.15) is 24.2 Å². The predicted octanol–water partition coefficient (Wildman–Crippen LogP) is 2.67. The van der Waals surface area contributed by atoms with Gasteiger partial charge in [-0.05, 0) is 26.0 Å². The SMILES string of the molecule is CCOP(=O)(CC(=O)Oc1ccccc1C=O)OCC. The second-order valence-corrected chi connectivity index (χ2v) is 5.79. The fourth-order valence-electron chi connectivity index (χ4n) is 1.51. The van der Waals surface area contributed by atoms with Gasteiger partial charge in [0.05, 0.1) is 18.8 Å². The van der Waals surface area contributed by atoms with Crippen molar-refractivity contribution in [3.8, 4) is 5.75 Å². The molecule has 0 aliphatic heterocycles. The maximum Gasteiger partial charge on any atom is 0.341 e. The largest absolute Gasteiger partial charge is 0.425 e. The zero-order valence-electron chi connectivity index (χ0n) is 11.4. The normalized spacial score (nSPS) is 11.1. The molecule has 0 aliphatic rings. The number of carbonyl (C=O) groups excluding carboxylic acids is 2. The van der Waals surface area contributed by atoms with Gasteiger partial charge in [0.25, 0.3) is 0 Å². The van der Waals surface area contributed by atoms with Crippen LogP contribution in [0, 0.1) is 0 Å². The van der Waals surface area contributed by atoms with Crippen LogP contribution in [0.4, 0.5) is 0 Å². The second kappa shape index (κ2) is 7.94. The van der Waals surface area contributed by atoms with Crippen LogP contribution < -0.4 is 4.74 Å². The lowest BCUT2D eigenvalue weighted by atomic mass is 10.2. The van der Waals surface area contributed by atoms with Gasteiger partial charge < -0.3 is 13.8 Å². The molecule has 0 heterocycles. The highest BCUT2D eigenvalue weighted by molar-refractivity contribution is 7.54. The maximum atomic E-state index is 12.2. The number of aldehydes is 1. The lowest BCUT2D eigenvalue weighted by Gasteiger charge is -2.16. The van der Waals surface area contributed by atoms with Gasteiger partial charge in [0, 0.05) is 0 Å². The molecule has 0 saturated carbocycles. The minimum atomic E-state index is -3.50. The molecule has 0 saturated heterocycles. The first-order chi connectivity index (χ1) is 9.54. The van der Waals surface area contributed by atoms with Gasteiger partial charge in [0.1, 0.15) is 11.9 Å². The van der Waals surface area contributed by atoms with E-state index in [9.17, 15) is 14.2 Å². The van der Waals surface area contributed by atoms with Crippen LogP contribution in [0.15, 0.2) is 24.3 Å². The zero-order chi connectivity index (χ0) is 15.0. The van der Waals surface area contributed by atoms with E-state index in [0.717, 1.165) is 0 Å². The maximum absolute atomic E-state index is 12.2. The molecular formula is C13H17O6P. The van der Waals surface area contributed by atoms with Crippen molar-refractivity contribution in [1.82, 2.24) is 0 Å². The van der Waals surface area contributed by atoms with Crippen molar-refractivity contribution in [2.24, 2.45) is 0 Å². The summed E-state index contributed by atoms with van der Waals surface area (Å²) in [5, 5.41) is 0. The van der Waals surface area contributed by atoms with E-state index in [1.807, 2.05) is 0 Å². The average molecular weight is 300 g/mol. The Morgan fingerprint density at radius 2 is 1.80 bits per heavy atom. The summed E-state index contributed by atoms with van der Waals surface area (Å²) in [5.41, 5.74) is 0.239. The molecular weight excluding hydrogens is 283 g/mol. The molecule has 6 nitrogen and oxygen atoms in total. The number of esters is 1. The molecule has 1 aromatic carbocycles. The molecule has 0 radical (unpaired) electrons. The smallest absolute Gasteiger partial charge is 0.341 e. The summed E-state index contributed by atoms with van der Waals surface area (Å²) in [6.45, 7) is 3.63. The number of para-hydroxylation sites is 1. The van der Waals surface area contributed by atoms with Crippen molar-refractivity contribution in [3.63, 3.8) is 0 Å². The van der Waals surface area contributed by atoms with Crippen LogP contribution in [-0.4, -0.2) is 31.6 Å². The molecule has 7 heteroatoms. The summed E-state index contributed by atoms with van der Waals surface area (Å²) < 4.78 is 27.2. The van der Waals surface area contributed by atoms with E-state index in [4.69, 9.17) is 13.8 Å². The molecule has 0 unspecified atom stereocenters. The van der Waals surface area contributed by atoms with E-state index < -0.39 is 19.7 Å². The quantitative estimate of drug-likeness (QED) is 0.318. The molecule has 0 bridgehead atoms. The van der Waals surface area contributed by atoms with Gasteiger partial charge in [0.2, 0.25) is 0 Å². The van der Waals surface area contributed by atoms with Crippen LogP contribution in [0.3, 0.4) is 0 Å². The summed E-state index contributed by atoms with van der Waals surface area (Å²) >= 11 is 0. The Balaban J connectivity index is 2.75. The monoisotopic (exact) mass is 300 g/mol. The third kappa shape index (κ3) is 4.89. The summed E-state index contributed by atoms with van der Waals surface area (Å²) in [4.78, 5) is 22.6. The molecule has 0 aliphatic carbocycles. The van der Waals surface area contributed by atoms with Gasteiger partial charge in [-0.1, -0.05) is 12.1 Å². The van der Waals surface area contributed by atoms with Crippen LogP contribution in [-0.2, 0) is 18.4 Å². The Morgan fingerprint density at radius 3 is 2.35 bits per heavy atom. The molecule has 20 heavy (non-hydrogen) atoms. The number of hydrogen-bond donors (Lipinski definition) is 0. The van der Waals surface area contributed by atoms with Gasteiger partial charge in [-0.15, -0.1) is 0 Å². The average Bonchev–Trinajstić information content (AvgIpc) is 2.39. The Bertz CT molecular complexity index is 503. The van der Waals surface area contributed by atoms with Gasteiger partial charge >= 0.3 is 13.6 Å². The standard InChI is InChI=1S/C13H17O6P/c1-3-17-20(16,18-4-2)10-13(15)19-12-8-6-5-7-11(12)9-14/h5-9H,3-4,10H2,1-2H3. The highest BCUT2D eigenvalue weighted by atomic mass is 31.2. The lowest BCUT2D eigenvalue weighted by Crippen LogP contribution is -2.16.